The monoisotopic (exact) mass is 239 g/mol. The first-order valence-corrected chi connectivity index (χ1v) is 6.17. The molecular weight excluding hydrogens is 220 g/mol. The van der Waals surface area contributed by atoms with Crippen LogP contribution in [0, 0.1) is 23.5 Å². The average Bonchev–Trinajstić information content (AvgIpc) is 2.24. The summed E-state index contributed by atoms with van der Waals surface area (Å²) in [4.78, 5) is 0. The van der Waals surface area contributed by atoms with Crippen LogP contribution in [0.4, 0.5) is 8.78 Å². The molecule has 2 N–H and O–H groups in total. The van der Waals surface area contributed by atoms with Gasteiger partial charge in [0.1, 0.15) is 11.6 Å². The molecule has 3 unspecified atom stereocenters. The molecule has 0 saturated heterocycles. The molecule has 1 saturated carbocycles. The number of nitrogens with two attached hydrogens (primary N) is 1. The number of hydrogen-bond donors (Lipinski definition) is 1. The summed E-state index contributed by atoms with van der Waals surface area (Å²) in [5, 5.41) is 0. The maximum Gasteiger partial charge on any atom is 0.131 e. The standard InChI is InChI=1S/C14H19F2N/c1-9-6-7-14(17,8-10(9)2)13-11(15)4-3-5-12(13)16/h3-5,9-10H,6-8,17H2,1-2H3. The maximum absolute atomic E-state index is 13.8. The normalized spacial score (nSPS) is 33.7. The third-order valence-corrected chi connectivity index (χ3v) is 4.16. The minimum absolute atomic E-state index is 0.0683. The second kappa shape index (κ2) is 4.37. The Morgan fingerprint density at radius 2 is 1.76 bits per heavy atom. The van der Waals surface area contributed by atoms with Gasteiger partial charge in [0, 0.05) is 11.1 Å². The summed E-state index contributed by atoms with van der Waals surface area (Å²) in [5.74, 6) is -0.0715. The fourth-order valence-electron chi connectivity index (χ4n) is 2.85. The van der Waals surface area contributed by atoms with Gasteiger partial charge in [-0.3, -0.25) is 0 Å². The Kier molecular flexibility index (Phi) is 3.21. The highest BCUT2D eigenvalue weighted by Gasteiger charge is 2.39. The molecule has 1 aliphatic rings. The molecule has 0 heterocycles. The molecule has 3 heteroatoms. The molecule has 3 atom stereocenters. The van der Waals surface area contributed by atoms with Gasteiger partial charge in [0.2, 0.25) is 0 Å². The zero-order valence-electron chi connectivity index (χ0n) is 10.3. The molecule has 0 spiro atoms. The van der Waals surface area contributed by atoms with Crippen LogP contribution in [-0.4, -0.2) is 0 Å². The zero-order valence-corrected chi connectivity index (χ0v) is 10.3. The first-order chi connectivity index (χ1) is 7.94. The summed E-state index contributed by atoms with van der Waals surface area (Å²) in [6, 6.07) is 3.96. The summed E-state index contributed by atoms with van der Waals surface area (Å²) in [6.45, 7) is 4.27. The quantitative estimate of drug-likeness (QED) is 0.796. The summed E-state index contributed by atoms with van der Waals surface area (Å²) < 4.78 is 27.6. The second-order valence-electron chi connectivity index (χ2n) is 5.45. The molecule has 1 fully saturated rings. The van der Waals surface area contributed by atoms with E-state index < -0.39 is 17.2 Å². The fourth-order valence-corrected chi connectivity index (χ4v) is 2.85. The van der Waals surface area contributed by atoms with E-state index in [0.717, 1.165) is 6.42 Å². The van der Waals surface area contributed by atoms with Crippen molar-refractivity contribution in [2.75, 3.05) is 0 Å². The van der Waals surface area contributed by atoms with Gasteiger partial charge in [0.15, 0.2) is 0 Å². The molecule has 0 radical (unpaired) electrons. The topological polar surface area (TPSA) is 26.0 Å². The molecular formula is C14H19F2N. The van der Waals surface area contributed by atoms with Crippen LogP contribution in [0.3, 0.4) is 0 Å². The van der Waals surface area contributed by atoms with Crippen LogP contribution in [0.2, 0.25) is 0 Å². The van der Waals surface area contributed by atoms with E-state index in [1.807, 2.05) is 0 Å². The van der Waals surface area contributed by atoms with Crippen LogP contribution in [0.25, 0.3) is 0 Å². The third kappa shape index (κ3) is 2.21. The molecule has 1 aliphatic carbocycles. The first kappa shape index (κ1) is 12.5. The lowest BCUT2D eigenvalue weighted by atomic mass is 9.68. The summed E-state index contributed by atoms with van der Waals surface area (Å²) in [5.41, 5.74) is 5.48. The van der Waals surface area contributed by atoms with Gasteiger partial charge in [0.25, 0.3) is 0 Å². The largest absolute Gasteiger partial charge is 0.321 e. The van der Waals surface area contributed by atoms with Crippen LogP contribution in [0.5, 0.6) is 0 Å². The van der Waals surface area contributed by atoms with E-state index in [1.165, 1.54) is 18.2 Å². The number of hydrogen-bond acceptors (Lipinski definition) is 1. The number of benzene rings is 1. The van der Waals surface area contributed by atoms with Crippen molar-refractivity contribution in [2.45, 2.75) is 38.6 Å². The van der Waals surface area contributed by atoms with Crippen molar-refractivity contribution in [2.24, 2.45) is 17.6 Å². The summed E-state index contributed by atoms with van der Waals surface area (Å²) in [7, 11) is 0. The van der Waals surface area contributed by atoms with E-state index in [-0.39, 0.29) is 5.56 Å². The lowest BCUT2D eigenvalue weighted by Crippen LogP contribution is -2.44. The molecule has 17 heavy (non-hydrogen) atoms. The maximum atomic E-state index is 13.8. The highest BCUT2D eigenvalue weighted by atomic mass is 19.1. The summed E-state index contributed by atoms with van der Waals surface area (Å²) in [6.07, 6.45) is 2.22. The first-order valence-electron chi connectivity index (χ1n) is 6.17. The molecule has 0 amide bonds. The minimum Gasteiger partial charge on any atom is -0.321 e. The van der Waals surface area contributed by atoms with E-state index in [2.05, 4.69) is 13.8 Å². The molecule has 0 bridgehead atoms. The molecule has 1 aromatic rings. The lowest BCUT2D eigenvalue weighted by molar-refractivity contribution is 0.169. The van der Waals surface area contributed by atoms with Crippen molar-refractivity contribution >= 4 is 0 Å². The Hall–Kier alpha value is -0.960. The Bertz CT molecular complexity index is 398. The molecule has 0 aliphatic heterocycles. The molecule has 1 nitrogen and oxygen atoms in total. The Labute approximate surface area is 101 Å². The lowest BCUT2D eigenvalue weighted by Gasteiger charge is -2.40. The number of rotatable bonds is 1. The van der Waals surface area contributed by atoms with Crippen LogP contribution in [0.1, 0.15) is 38.7 Å². The number of halogens is 2. The van der Waals surface area contributed by atoms with Crippen molar-refractivity contribution in [3.05, 3.63) is 35.4 Å². The highest BCUT2D eigenvalue weighted by molar-refractivity contribution is 5.28. The third-order valence-electron chi connectivity index (χ3n) is 4.16. The van der Waals surface area contributed by atoms with E-state index >= 15 is 0 Å². The predicted octanol–water partition coefficient (Wildman–Crippen LogP) is 3.57. The average molecular weight is 239 g/mol. The van der Waals surface area contributed by atoms with Crippen molar-refractivity contribution in [1.29, 1.82) is 0 Å². The van der Waals surface area contributed by atoms with E-state index in [4.69, 9.17) is 5.73 Å². The van der Waals surface area contributed by atoms with E-state index in [9.17, 15) is 8.78 Å². The van der Waals surface area contributed by atoms with Gasteiger partial charge in [-0.15, -0.1) is 0 Å². The van der Waals surface area contributed by atoms with Crippen LogP contribution in [-0.2, 0) is 5.54 Å². The Morgan fingerprint density at radius 3 is 2.29 bits per heavy atom. The van der Waals surface area contributed by atoms with Crippen LogP contribution in [0.15, 0.2) is 18.2 Å². The molecule has 1 aromatic carbocycles. The second-order valence-corrected chi connectivity index (χ2v) is 5.45. The van der Waals surface area contributed by atoms with Crippen LogP contribution >= 0.6 is 0 Å². The zero-order chi connectivity index (χ0) is 12.6. The minimum atomic E-state index is -0.846. The smallest absolute Gasteiger partial charge is 0.131 e. The van der Waals surface area contributed by atoms with Gasteiger partial charge in [-0.2, -0.15) is 0 Å². The fraction of sp³-hybridized carbons (Fsp3) is 0.571. The van der Waals surface area contributed by atoms with Crippen molar-refractivity contribution in [3.8, 4) is 0 Å². The van der Waals surface area contributed by atoms with Gasteiger partial charge in [-0.1, -0.05) is 19.9 Å². The van der Waals surface area contributed by atoms with E-state index in [0.29, 0.717) is 24.7 Å². The van der Waals surface area contributed by atoms with Crippen molar-refractivity contribution in [1.82, 2.24) is 0 Å². The van der Waals surface area contributed by atoms with Crippen LogP contribution < -0.4 is 5.73 Å². The summed E-state index contributed by atoms with van der Waals surface area (Å²) >= 11 is 0. The van der Waals surface area contributed by atoms with Crippen molar-refractivity contribution in [3.63, 3.8) is 0 Å². The Morgan fingerprint density at radius 1 is 1.18 bits per heavy atom. The molecule has 0 aromatic heterocycles. The van der Waals surface area contributed by atoms with Gasteiger partial charge in [-0.05, 0) is 43.2 Å². The van der Waals surface area contributed by atoms with Gasteiger partial charge in [-0.25, -0.2) is 8.78 Å². The molecule has 94 valence electrons. The SMILES string of the molecule is CC1CCC(N)(c2c(F)cccc2F)CC1C. The predicted molar refractivity (Wildman–Crippen MR) is 64.4 cm³/mol. The van der Waals surface area contributed by atoms with E-state index in [1.54, 1.807) is 0 Å². The van der Waals surface area contributed by atoms with Gasteiger partial charge < -0.3 is 5.73 Å². The van der Waals surface area contributed by atoms with Crippen molar-refractivity contribution < 1.29 is 8.78 Å². The van der Waals surface area contributed by atoms with Gasteiger partial charge in [0.05, 0.1) is 0 Å². The molecule has 2 rings (SSSR count). The highest BCUT2D eigenvalue weighted by Crippen LogP contribution is 2.42. The van der Waals surface area contributed by atoms with Gasteiger partial charge >= 0.3 is 0 Å². The Balaban J connectivity index is 2.39.